The van der Waals surface area contributed by atoms with E-state index in [2.05, 4.69) is 5.32 Å². The van der Waals surface area contributed by atoms with Gasteiger partial charge in [0, 0.05) is 20.0 Å². The number of aliphatic carboxylic acids is 1. The van der Waals surface area contributed by atoms with Crippen LogP contribution in [0.15, 0.2) is 0 Å². The first kappa shape index (κ1) is 15.8. The van der Waals surface area contributed by atoms with E-state index in [9.17, 15) is 19.5 Å². The van der Waals surface area contributed by atoms with Crippen molar-refractivity contribution in [3.63, 3.8) is 0 Å². The molecule has 2 amide bonds. The zero-order valence-corrected chi connectivity index (χ0v) is 12.7. The predicted molar refractivity (Wildman–Crippen MR) is 76.5 cm³/mol. The van der Waals surface area contributed by atoms with Crippen molar-refractivity contribution in [3.8, 4) is 0 Å². The second-order valence-corrected chi connectivity index (χ2v) is 6.60. The van der Waals surface area contributed by atoms with Gasteiger partial charge in [-0.25, -0.2) is 0 Å². The maximum atomic E-state index is 12.7. The minimum atomic E-state index is -0.869. The Morgan fingerprint density at radius 2 is 1.90 bits per heavy atom. The van der Waals surface area contributed by atoms with E-state index in [1.807, 2.05) is 0 Å². The molecule has 1 aliphatic carbocycles. The highest BCUT2D eigenvalue weighted by Crippen LogP contribution is 2.33. The highest BCUT2D eigenvalue weighted by molar-refractivity contribution is 5.88. The summed E-state index contributed by atoms with van der Waals surface area (Å²) in [4.78, 5) is 37.0. The molecule has 6 heteroatoms. The van der Waals surface area contributed by atoms with Crippen LogP contribution in [0.5, 0.6) is 0 Å². The fraction of sp³-hybridized carbons (Fsp3) is 0.800. The summed E-state index contributed by atoms with van der Waals surface area (Å²) in [6.45, 7) is 3.76. The Labute approximate surface area is 124 Å². The Kier molecular flexibility index (Phi) is 4.54. The third-order valence-electron chi connectivity index (χ3n) is 4.80. The second-order valence-electron chi connectivity index (χ2n) is 6.60. The van der Waals surface area contributed by atoms with Gasteiger partial charge in [-0.15, -0.1) is 0 Å². The molecule has 0 radical (unpaired) electrons. The van der Waals surface area contributed by atoms with Crippen LogP contribution in [0.1, 0.15) is 46.0 Å². The zero-order valence-electron chi connectivity index (χ0n) is 12.7. The quantitative estimate of drug-likeness (QED) is 0.810. The fourth-order valence-corrected chi connectivity index (χ4v) is 3.41. The lowest BCUT2D eigenvalue weighted by molar-refractivity contribution is -0.147. The van der Waals surface area contributed by atoms with Gasteiger partial charge in [-0.2, -0.15) is 0 Å². The molecule has 2 fully saturated rings. The summed E-state index contributed by atoms with van der Waals surface area (Å²) < 4.78 is 0. The Balaban J connectivity index is 2.08. The van der Waals surface area contributed by atoms with Crippen molar-refractivity contribution >= 4 is 17.8 Å². The molecule has 0 unspecified atom stereocenters. The van der Waals surface area contributed by atoms with Crippen LogP contribution in [0.3, 0.4) is 0 Å². The monoisotopic (exact) mass is 296 g/mol. The second kappa shape index (κ2) is 6.03. The molecule has 1 aliphatic heterocycles. The molecule has 1 heterocycles. The number of carbonyl (C=O) groups excluding carboxylic acids is 2. The van der Waals surface area contributed by atoms with Crippen LogP contribution in [0.25, 0.3) is 0 Å². The molecular weight excluding hydrogens is 272 g/mol. The Morgan fingerprint density at radius 1 is 1.29 bits per heavy atom. The Hall–Kier alpha value is -1.59. The molecule has 21 heavy (non-hydrogen) atoms. The van der Waals surface area contributed by atoms with E-state index < -0.39 is 17.4 Å². The SMILES string of the molecule is CC(=O)N[C@@H](C(=O)N1CC[C@](C)(C(=O)O)C1)C1CCCC1. The molecule has 2 N–H and O–H groups in total. The number of hydrogen-bond donors (Lipinski definition) is 2. The van der Waals surface area contributed by atoms with Crippen molar-refractivity contribution in [2.45, 2.75) is 52.0 Å². The molecule has 0 bridgehead atoms. The largest absolute Gasteiger partial charge is 0.481 e. The Morgan fingerprint density at radius 3 is 2.38 bits per heavy atom. The minimum Gasteiger partial charge on any atom is -0.481 e. The lowest BCUT2D eigenvalue weighted by Crippen LogP contribution is -2.51. The molecule has 1 saturated heterocycles. The summed E-state index contributed by atoms with van der Waals surface area (Å²) in [7, 11) is 0. The van der Waals surface area contributed by atoms with E-state index >= 15 is 0 Å². The third kappa shape index (κ3) is 3.36. The summed E-state index contributed by atoms with van der Waals surface area (Å²) in [6.07, 6.45) is 4.52. The smallest absolute Gasteiger partial charge is 0.311 e. The molecule has 6 nitrogen and oxygen atoms in total. The van der Waals surface area contributed by atoms with Crippen LogP contribution in [0, 0.1) is 11.3 Å². The maximum absolute atomic E-state index is 12.7. The van der Waals surface area contributed by atoms with Crippen LogP contribution in [0.4, 0.5) is 0 Å². The predicted octanol–water partition coefficient (Wildman–Crippen LogP) is 1.00. The first-order valence-corrected chi connectivity index (χ1v) is 7.63. The average Bonchev–Trinajstić information content (AvgIpc) is 3.05. The number of nitrogens with zero attached hydrogens (tertiary/aromatic N) is 1. The topological polar surface area (TPSA) is 86.7 Å². The molecule has 0 aromatic carbocycles. The molecule has 2 rings (SSSR count). The van der Waals surface area contributed by atoms with Crippen molar-refractivity contribution in [2.24, 2.45) is 11.3 Å². The van der Waals surface area contributed by atoms with Crippen LogP contribution in [-0.2, 0) is 14.4 Å². The number of amides is 2. The van der Waals surface area contributed by atoms with E-state index in [-0.39, 0.29) is 24.3 Å². The molecule has 0 aromatic rings. The van der Waals surface area contributed by atoms with Gasteiger partial charge in [-0.3, -0.25) is 14.4 Å². The number of hydrogen-bond acceptors (Lipinski definition) is 3. The highest BCUT2D eigenvalue weighted by atomic mass is 16.4. The van der Waals surface area contributed by atoms with Crippen molar-refractivity contribution in [2.75, 3.05) is 13.1 Å². The number of nitrogens with one attached hydrogen (secondary N) is 1. The minimum absolute atomic E-state index is 0.123. The van der Waals surface area contributed by atoms with Gasteiger partial charge in [0.2, 0.25) is 11.8 Å². The zero-order chi connectivity index (χ0) is 15.6. The van der Waals surface area contributed by atoms with E-state index in [0.29, 0.717) is 13.0 Å². The molecule has 2 aliphatic rings. The van der Waals surface area contributed by atoms with Crippen molar-refractivity contribution < 1.29 is 19.5 Å². The summed E-state index contributed by atoms with van der Waals surface area (Å²) in [5.41, 5.74) is -0.869. The number of carboxylic acid groups (broad SMARTS) is 1. The van der Waals surface area contributed by atoms with Crippen molar-refractivity contribution in [3.05, 3.63) is 0 Å². The van der Waals surface area contributed by atoms with Gasteiger partial charge in [-0.1, -0.05) is 12.8 Å². The fourth-order valence-electron chi connectivity index (χ4n) is 3.41. The van der Waals surface area contributed by atoms with E-state index in [0.717, 1.165) is 25.7 Å². The van der Waals surface area contributed by atoms with Gasteiger partial charge in [0.15, 0.2) is 0 Å². The van der Waals surface area contributed by atoms with Gasteiger partial charge >= 0.3 is 5.97 Å². The Bertz CT molecular complexity index is 445. The van der Waals surface area contributed by atoms with Crippen molar-refractivity contribution in [1.82, 2.24) is 10.2 Å². The lowest BCUT2D eigenvalue weighted by atomic mass is 9.90. The van der Waals surface area contributed by atoms with E-state index in [4.69, 9.17) is 0 Å². The first-order valence-electron chi connectivity index (χ1n) is 7.63. The van der Waals surface area contributed by atoms with Gasteiger partial charge < -0.3 is 15.3 Å². The third-order valence-corrected chi connectivity index (χ3v) is 4.80. The van der Waals surface area contributed by atoms with Gasteiger partial charge in [0.25, 0.3) is 0 Å². The number of carboxylic acids is 1. The lowest BCUT2D eigenvalue weighted by Gasteiger charge is -2.28. The molecule has 2 atom stereocenters. The standard InChI is InChI=1S/C15H24N2O4/c1-10(18)16-12(11-5-3-4-6-11)13(19)17-8-7-15(2,9-17)14(20)21/h11-12H,3-9H2,1-2H3,(H,16,18)(H,20,21)/t12-,15+/m1/s1. The molecule has 0 spiro atoms. The maximum Gasteiger partial charge on any atom is 0.311 e. The van der Waals surface area contributed by atoms with Crippen LogP contribution >= 0.6 is 0 Å². The van der Waals surface area contributed by atoms with Crippen LogP contribution < -0.4 is 5.32 Å². The van der Waals surface area contributed by atoms with Crippen LogP contribution in [0.2, 0.25) is 0 Å². The van der Waals surface area contributed by atoms with Crippen molar-refractivity contribution in [1.29, 1.82) is 0 Å². The summed E-state index contributed by atoms with van der Waals surface area (Å²) in [5.74, 6) is -1.02. The number of carbonyl (C=O) groups is 3. The molecule has 1 saturated carbocycles. The number of rotatable bonds is 4. The normalized spacial score (nSPS) is 27.6. The van der Waals surface area contributed by atoms with E-state index in [1.54, 1.807) is 11.8 Å². The molecule has 0 aromatic heterocycles. The highest BCUT2D eigenvalue weighted by Gasteiger charge is 2.44. The average molecular weight is 296 g/mol. The number of likely N-dealkylation sites (tertiary alicyclic amines) is 1. The first-order chi connectivity index (χ1) is 9.83. The van der Waals surface area contributed by atoms with Gasteiger partial charge in [0.05, 0.1) is 5.41 Å². The summed E-state index contributed by atoms with van der Waals surface area (Å²) >= 11 is 0. The van der Waals surface area contributed by atoms with Gasteiger partial charge in [0.1, 0.15) is 6.04 Å². The molecular formula is C15H24N2O4. The van der Waals surface area contributed by atoms with Gasteiger partial charge in [-0.05, 0) is 32.1 Å². The summed E-state index contributed by atoms with van der Waals surface area (Å²) in [6, 6.07) is -0.499. The van der Waals surface area contributed by atoms with Crippen LogP contribution in [-0.4, -0.2) is 46.9 Å². The van der Waals surface area contributed by atoms with E-state index in [1.165, 1.54) is 6.92 Å². The summed E-state index contributed by atoms with van der Waals surface area (Å²) in [5, 5.41) is 12.0. The molecule has 118 valence electrons.